The molecule has 0 fully saturated rings. The first-order valence-electron chi connectivity index (χ1n) is 7.64. The Morgan fingerprint density at radius 3 is 2.38 bits per heavy atom. The van der Waals surface area contributed by atoms with Crippen molar-refractivity contribution in [3.63, 3.8) is 0 Å². The summed E-state index contributed by atoms with van der Waals surface area (Å²) in [5, 5.41) is 3.27. The van der Waals surface area contributed by atoms with Crippen LogP contribution < -0.4 is 11.1 Å². The molecule has 0 aliphatic heterocycles. The van der Waals surface area contributed by atoms with E-state index >= 15 is 0 Å². The Balaban J connectivity index is 2.33. The first-order chi connectivity index (χ1) is 9.80. The minimum Gasteiger partial charge on any atom is -0.397 e. The molecule has 0 saturated heterocycles. The second-order valence-electron chi connectivity index (χ2n) is 6.04. The average Bonchev–Trinajstić information content (AvgIpc) is 2.37. The molecule has 0 aliphatic rings. The van der Waals surface area contributed by atoms with Gasteiger partial charge in [-0.1, -0.05) is 39.5 Å². The van der Waals surface area contributed by atoms with Crippen LogP contribution >= 0.6 is 0 Å². The molecular formula is C16H28N2O2S. The lowest BCUT2D eigenvalue weighted by Gasteiger charge is -2.10. The van der Waals surface area contributed by atoms with E-state index in [4.69, 9.17) is 5.73 Å². The summed E-state index contributed by atoms with van der Waals surface area (Å²) in [6, 6.07) is 4.85. The van der Waals surface area contributed by atoms with Crippen LogP contribution in [-0.4, -0.2) is 21.2 Å². The molecule has 120 valence electrons. The third kappa shape index (κ3) is 6.85. The Morgan fingerprint density at radius 2 is 1.81 bits per heavy atom. The van der Waals surface area contributed by atoms with Crippen molar-refractivity contribution >= 4 is 21.2 Å². The van der Waals surface area contributed by atoms with Gasteiger partial charge in [-0.15, -0.1) is 0 Å². The molecule has 5 heteroatoms. The summed E-state index contributed by atoms with van der Waals surface area (Å²) in [7, 11) is -3.19. The zero-order chi connectivity index (χ0) is 15.9. The number of unbranched alkanes of at least 4 members (excludes halogenated alkanes) is 3. The summed E-state index contributed by atoms with van der Waals surface area (Å²) in [4.78, 5) is 0.263. The van der Waals surface area contributed by atoms with Crippen LogP contribution in [0, 0.1) is 5.92 Å². The van der Waals surface area contributed by atoms with Crippen LogP contribution in [-0.2, 0) is 9.84 Å². The number of sulfone groups is 1. The van der Waals surface area contributed by atoms with Crippen LogP contribution in [0.3, 0.4) is 0 Å². The molecule has 4 nitrogen and oxygen atoms in total. The smallest absolute Gasteiger partial charge is 0.175 e. The Bertz CT molecular complexity index is 539. The predicted molar refractivity (Wildman–Crippen MR) is 90.4 cm³/mol. The molecule has 0 spiro atoms. The SMILES string of the molecule is CC(C)CCCCCCNc1ccc(S(C)(=O)=O)cc1N. The van der Waals surface area contributed by atoms with Crippen molar-refractivity contribution in [2.75, 3.05) is 23.9 Å². The third-order valence-electron chi connectivity index (χ3n) is 3.47. The predicted octanol–water partition coefficient (Wildman–Crippen LogP) is 3.69. The van der Waals surface area contributed by atoms with E-state index in [-0.39, 0.29) is 4.90 Å². The number of hydrogen-bond donors (Lipinski definition) is 2. The van der Waals surface area contributed by atoms with Crippen LogP contribution in [0.2, 0.25) is 0 Å². The van der Waals surface area contributed by atoms with Gasteiger partial charge in [0, 0.05) is 12.8 Å². The Morgan fingerprint density at radius 1 is 1.14 bits per heavy atom. The summed E-state index contributed by atoms with van der Waals surface area (Å²) in [6.45, 7) is 5.37. The van der Waals surface area contributed by atoms with Gasteiger partial charge >= 0.3 is 0 Å². The summed E-state index contributed by atoms with van der Waals surface area (Å²) < 4.78 is 22.9. The van der Waals surface area contributed by atoms with Gasteiger partial charge < -0.3 is 11.1 Å². The van der Waals surface area contributed by atoms with Crippen molar-refractivity contribution in [3.05, 3.63) is 18.2 Å². The van der Waals surface area contributed by atoms with Crippen molar-refractivity contribution in [2.24, 2.45) is 5.92 Å². The van der Waals surface area contributed by atoms with Crippen molar-refractivity contribution in [1.29, 1.82) is 0 Å². The largest absolute Gasteiger partial charge is 0.397 e. The van der Waals surface area contributed by atoms with Gasteiger partial charge in [0.2, 0.25) is 0 Å². The zero-order valence-electron chi connectivity index (χ0n) is 13.4. The van der Waals surface area contributed by atoms with Gasteiger partial charge in [-0.2, -0.15) is 0 Å². The van der Waals surface area contributed by atoms with Crippen LogP contribution in [0.25, 0.3) is 0 Å². The first kappa shape index (κ1) is 17.8. The molecular weight excluding hydrogens is 284 g/mol. The monoisotopic (exact) mass is 312 g/mol. The molecule has 1 rings (SSSR count). The highest BCUT2D eigenvalue weighted by atomic mass is 32.2. The highest BCUT2D eigenvalue weighted by molar-refractivity contribution is 7.90. The fourth-order valence-electron chi connectivity index (χ4n) is 2.19. The van der Waals surface area contributed by atoms with Gasteiger partial charge in [0.05, 0.1) is 16.3 Å². The van der Waals surface area contributed by atoms with Gasteiger partial charge in [0.1, 0.15) is 0 Å². The molecule has 0 heterocycles. The van der Waals surface area contributed by atoms with Gasteiger partial charge in [0.25, 0.3) is 0 Å². The second-order valence-corrected chi connectivity index (χ2v) is 8.06. The Hall–Kier alpha value is -1.23. The molecule has 0 aliphatic carbocycles. The average molecular weight is 312 g/mol. The van der Waals surface area contributed by atoms with Crippen molar-refractivity contribution in [3.8, 4) is 0 Å². The minimum absolute atomic E-state index is 0.263. The lowest BCUT2D eigenvalue weighted by atomic mass is 10.0. The number of benzene rings is 1. The van der Waals surface area contributed by atoms with Gasteiger partial charge in [-0.25, -0.2) is 8.42 Å². The molecule has 0 unspecified atom stereocenters. The fraction of sp³-hybridized carbons (Fsp3) is 0.625. The molecule has 0 atom stereocenters. The molecule has 1 aromatic carbocycles. The summed E-state index contributed by atoms with van der Waals surface area (Å²) in [6.07, 6.45) is 7.36. The van der Waals surface area contributed by atoms with Crippen molar-refractivity contribution in [1.82, 2.24) is 0 Å². The summed E-state index contributed by atoms with van der Waals surface area (Å²) >= 11 is 0. The normalized spacial score (nSPS) is 11.8. The van der Waals surface area contributed by atoms with Crippen molar-refractivity contribution < 1.29 is 8.42 Å². The maximum absolute atomic E-state index is 11.4. The minimum atomic E-state index is -3.19. The number of nitrogen functional groups attached to an aromatic ring is 1. The standard InChI is InChI=1S/C16H28N2O2S/c1-13(2)8-6-4-5-7-11-18-16-10-9-14(12-15(16)17)21(3,19)20/h9-10,12-13,18H,4-8,11,17H2,1-3H3. The van der Waals surface area contributed by atoms with E-state index < -0.39 is 9.84 Å². The number of nitrogens with two attached hydrogens (primary N) is 1. The highest BCUT2D eigenvalue weighted by Crippen LogP contribution is 2.22. The zero-order valence-corrected chi connectivity index (χ0v) is 14.2. The summed E-state index contributed by atoms with van der Waals surface area (Å²) in [5.41, 5.74) is 7.18. The number of rotatable bonds is 9. The second kappa shape index (κ2) is 8.27. The first-order valence-corrected chi connectivity index (χ1v) is 9.53. The van der Waals surface area contributed by atoms with Crippen LogP contribution in [0.15, 0.2) is 23.1 Å². The highest BCUT2D eigenvalue weighted by Gasteiger charge is 2.09. The number of anilines is 2. The van der Waals surface area contributed by atoms with E-state index in [9.17, 15) is 8.42 Å². The lowest BCUT2D eigenvalue weighted by Crippen LogP contribution is -2.06. The van der Waals surface area contributed by atoms with Crippen LogP contribution in [0.5, 0.6) is 0 Å². The topological polar surface area (TPSA) is 72.2 Å². The molecule has 0 aromatic heterocycles. The molecule has 0 radical (unpaired) electrons. The molecule has 0 saturated carbocycles. The molecule has 0 amide bonds. The maximum atomic E-state index is 11.4. The van der Waals surface area contributed by atoms with Crippen LogP contribution in [0.1, 0.15) is 46.0 Å². The van der Waals surface area contributed by atoms with Crippen LogP contribution in [0.4, 0.5) is 11.4 Å². The Kier molecular flexibility index (Phi) is 7.02. The molecule has 3 N–H and O–H groups in total. The van der Waals surface area contributed by atoms with Crippen molar-refractivity contribution in [2.45, 2.75) is 50.8 Å². The molecule has 1 aromatic rings. The molecule has 0 bridgehead atoms. The van der Waals surface area contributed by atoms with Gasteiger partial charge in [-0.3, -0.25) is 0 Å². The Labute approximate surface area is 129 Å². The van der Waals surface area contributed by atoms with E-state index in [0.717, 1.165) is 24.6 Å². The number of nitrogens with one attached hydrogen (secondary N) is 1. The van der Waals surface area contributed by atoms with E-state index in [1.807, 2.05) is 0 Å². The molecule has 21 heavy (non-hydrogen) atoms. The van der Waals surface area contributed by atoms with E-state index in [1.54, 1.807) is 12.1 Å². The van der Waals surface area contributed by atoms with Gasteiger partial charge in [0.15, 0.2) is 9.84 Å². The lowest BCUT2D eigenvalue weighted by molar-refractivity contribution is 0.523. The fourth-order valence-corrected chi connectivity index (χ4v) is 2.84. The van der Waals surface area contributed by atoms with E-state index in [0.29, 0.717) is 5.69 Å². The van der Waals surface area contributed by atoms with Gasteiger partial charge in [-0.05, 0) is 30.5 Å². The maximum Gasteiger partial charge on any atom is 0.175 e. The third-order valence-corrected chi connectivity index (χ3v) is 4.59. The quantitative estimate of drug-likeness (QED) is 0.539. The van der Waals surface area contributed by atoms with E-state index in [1.165, 1.54) is 38.0 Å². The van der Waals surface area contributed by atoms with E-state index in [2.05, 4.69) is 19.2 Å². The summed E-state index contributed by atoms with van der Waals surface area (Å²) in [5.74, 6) is 0.788. The number of hydrogen-bond acceptors (Lipinski definition) is 4.